The highest BCUT2D eigenvalue weighted by molar-refractivity contribution is 6.00. The van der Waals surface area contributed by atoms with E-state index in [2.05, 4.69) is 4.57 Å². The van der Waals surface area contributed by atoms with E-state index in [0.29, 0.717) is 11.1 Å². The van der Waals surface area contributed by atoms with Gasteiger partial charge in [-0.1, -0.05) is 6.07 Å². The number of halogens is 1. The zero-order chi connectivity index (χ0) is 18.0. The van der Waals surface area contributed by atoms with Gasteiger partial charge in [-0.2, -0.15) is 0 Å². The third-order valence-electron chi connectivity index (χ3n) is 4.04. The number of ketones is 1. The summed E-state index contributed by atoms with van der Waals surface area (Å²) in [6, 6.07) is 6.15. The number of rotatable bonds is 5. The summed E-state index contributed by atoms with van der Waals surface area (Å²) in [5.74, 6) is -1.45. The van der Waals surface area contributed by atoms with Gasteiger partial charge in [0.2, 0.25) is 5.78 Å². The highest BCUT2D eigenvalue weighted by Gasteiger charge is 2.19. The van der Waals surface area contributed by atoms with Gasteiger partial charge in [0.05, 0.1) is 5.56 Å². The van der Waals surface area contributed by atoms with Crippen LogP contribution in [-0.4, -0.2) is 22.9 Å². The molecule has 0 amide bonds. The summed E-state index contributed by atoms with van der Waals surface area (Å²) in [7, 11) is 0. The molecule has 0 atom stereocenters. The lowest BCUT2D eigenvalue weighted by atomic mass is 10.1. The van der Waals surface area contributed by atoms with Crippen LogP contribution in [0.25, 0.3) is 0 Å². The van der Waals surface area contributed by atoms with E-state index in [0.717, 1.165) is 17.5 Å². The van der Waals surface area contributed by atoms with E-state index in [9.17, 15) is 14.0 Å². The average Bonchev–Trinajstić information content (AvgIpc) is 2.82. The molecule has 0 radical (unpaired) electrons. The first-order valence-electron chi connectivity index (χ1n) is 7.87. The number of hydrogen-bond acceptors (Lipinski definition) is 3. The number of carbonyl (C=O) groups is 2. The van der Waals surface area contributed by atoms with E-state index >= 15 is 0 Å². The van der Waals surface area contributed by atoms with E-state index in [-0.39, 0.29) is 24.0 Å². The molecule has 1 heterocycles. The highest BCUT2D eigenvalue weighted by Crippen LogP contribution is 2.20. The predicted molar refractivity (Wildman–Crippen MR) is 90.0 cm³/mol. The summed E-state index contributed by atoms with van der Waals surface area (Å²) in [5, 5.41) is 0. The topological polar surface area (TPSA) is 48.3 Å². The molecule has 0 N–H and O–H groups in total. The monoisotopic (exact) mass is 331 g/mol. The summed E-state index contributed by atoms with van der Waals surface area (Å²) >= 11 is 0. The largest absolute Gasteiger partial charge is 0.454 e. The van der Waals surface area contributed by atoms with Crippen LogP contribution in [-0.2, 0) is 4.74 Å². The van der Waals surface area contributed by atoms with E-state index in [1.807, 2.05) is 27.7 Å². The third-order valence-corrected chi connectivity index (χ3v) is 4.04. The number of Topliss-reactive ketones (excluding diaryl/α,β-unsaturated/α-hetero) is 1. The molecule has 2 aromatic rings. The first-order valence-corrected chi connectivity index (χ1v) is 7.87. The van der Waals surface area contributed by atoms with Crippen LogP contribution in [0.1, 0.15) is 57.6 Å². The molecule has 0 saturated heterocycles. The van der Waals surface area contributed by atoms with Gasteiger partial charge in [-0.25, -0.2) is 9.18 Å². The molecule has 1 aromatic carbocycles. The van der Waals surface area contributed by atoms with Gasteiger partial charge in [0.1, 0.15) is 5.82 Å². The van der Waals surface area contributed by atoms with Crippen LogP contribution in [0, 0.1) is 26.6 Å². The maximum Gasteiger partial charge on any atom is 0.338 e. The number of carbonyl (C=O) groups excluding carboxylic acids is 2. The Labute approximate surface area is 141 Å². The number of hydrogen-bond donors (Lipinski definition) is 0. The van der Waals surface area contributed by atoms with Crippen molar-refractivity contribution >= 4 is 11.8 Å². The van der Waals surface area contributed by atoms with Crippen molar-refractivity contribution < 1.29 is 18.7 Å². The fourth-order valence-electron chi connectivity index (χ4n) is 2.87. The molecule has 0 saturated carbocycles. The Morgan fingerprint density at radius 2 is 1.83 bits per heavy atom. The molecule has 128 valence electrons. The Bertz CT molecular complexity index is 790. The zero-order valence-corrected chi connectivity index (χ0v) is 14.6. The number of nitrogens with zero attached hydrogens (tertiary/aromatic N) is 1. The second-order valence-corrected chi connectivity index (χ2v) is 6.21. The Morgan fingerprint density at radius 1 is 1.17 bits per heavy atom. The quantitative estimate of drug-likeness (QED) is 0.610. The van der Waals surface area contributed by atoms with Gasteiger partial charge in [0.15, 0.2) is 6.61 Å². The van der Waals surface area contributed by atoms with Crippen molar-refractivity contribution in [2.75, 3.05) is 6.61 Å². The Balaban J connectivity index is 2.09. The van der Waals surface area contributed by atoms with Crippen molar-refractivity contribution in [1.82, 2.24) is 4.57 Å². The van der Waals surface area contributed by atoms with E-state index in [1.54, 1.807) is 13.0 Å². The van der Waals surface area contributed by atoms with Crippen LogP contribution in [0.2, 0.25) is 0 Å². The first kappa shape index (κ1) is 17.9. The molecule has 0 fully saturated rings. The van der Waals surface area contributed by atoms with Crippen molar-refractivity contribution in [1.29, 1.82) is 0 Å². The van der Waals surface area contributed by atoms with Gasteiger partial charge in [-0.15, -0.1) is 0 Å². The molecule has 0 aliphatic rings. The fourth-order valence-corrected chi connectivity index (χ4v) is 2.87. The predicted octanol–water partition coefficient (Wildman–Crippen LogP) is 4.17. The summed E-state index contributed by atoms with van der Waals surface area (Å²) in [6.07, 6.45) is 0. The van der Waals surface area contributed by atoms with E-state index in [1.165, 1.54) is 12.1 Å². The van der Waals surface area contributed by atoms with Gasteiger partial charge in [0, 0.05) is 23.0 Å². The van der Waals surface area contributed by atoms with Gasteiger partial charge in [-0.05, 0) is 58.4 Å². The molecular weight excluding hydrogens is 309 g/mol. The minimum atomic E-state index is -0.708. The van der Waals surface area contributed by atoms with E-state index in [4.69, 9.17) is 4.74 Å². The molecular formula is C19H22FNO3. The minimum Gasteiger partial charge on any atom is -0.454 e. The van der Waals surface area contributed by atoms with Crippen molar-refractivity contribution in [2.45, 2.75) is 40.7 Å². The summed E-state index contributed by atoms with van der Waals surface area (Å²) < 4.78 is 20.6. The third kappa shape index (κ3) is 3.55. The average molecular weight is 331 g/mol. The number of ether oxygens (including phenoxy) is 1. The maximum atomic E-state index is 13.5. The molecule has 5 heteroatoms. The van der Waals surface area contributed by atoms with Gasteiger partial charge < -0.3 is 9.30 Å². The normalized spacial score (nSPS) is 11.0. The van der Waals surface area contributed by atoms with Crippen molar-refractivity contribution in [3.63, 3.8) is 0 Å². The summed E-state index contributed by atoms with van der Waals surface area (Å²) in [5.41, 5.74) is 2.93. The summed E-state index contributed by atoms with van der Waals surface area (Å²) in [4.78, 5) is 24.3. The zero-order valence-electron chi connectivity index (χ0n) is 14.6. The van der Waals surface area contributed by atoms with Gasteiger partial charge in [-0.3, -0.25) is 4.79 Å². The lowest BCUT2D eigenvalue weighted by Crippen LogP contribution is -2.15. The molecule has 0 aliphatic heterocycles. The Morgan fingerprint density at radius 3 is 2.38 bits per heavy atom. The molecule has 0 spiro atoms. The maximum absolute atomic E-state index is 13.5. The molecule has 4 nitrogen and oxygen atoms in total. The number of aromatic nitrogens is 1. The molecule has 0 bridgehead atoms. The first-order chi connectivity index (χ1) is 11.2. The second kappa shape index (κ2) is 6.99. The van der Waals surface area contributed by atoms with Crippen LogP contribution < -0.4 is 0 Å². The minimum absolute atomic E-state index is 0.0959. The Hall–Kier alpha value is -2.43. The van der Waals surface area contributed by atoms with Crippen LogP contribution in [0.5, 0.6) is 0 Å². The molecule has 1 aromatic heterocycles. The van der Waals surface area contributed by atoms with Crippen LogP contribution in [0.3, 0.4) is 0 Å². The standard InChI is InChI=1S/C19H22FNO3/c1-11(2)21-13(4)8-16(14(21)5)18(22)10-24-19(23)15-7-6-12(3)17(20)9-15/h6-9,11H,10H2,1-5H3. The van der Waals surface area contributed by atoms with Crippen LogP contribution in [0.4, 0.5) is 4.39 Å². The smallest absolute Gasteiger partial charge is 0.338 e. The number of benzene rings is 1. The lowest BCUT2D eigenvalue weighted by Gasteiger charge is -2.13. The molecule has 2 rings (SSSR count). The molecule has 24 heavy (non-hydrogen) atoms. The van der Waals surface area contributed by atoms with Crippen molar-refractivity contribution in [2.24, 2.45) is 0 Å². The van der Waals surface area contributed by atoms with Crippen LogP contribution in [0.15, 0.2) is 24.3 Å². The molecule has 0 aliphatic carbocycles. The number of esters is 1. The van der Waals surface area contributed by atoms with Gasteiger partial charge in [0.25, 0.3) is 0 Å². The molecule has 0 unspecified atom stereocenters. The van der Waals surface area contributed by atoms with Crippen LogP contribution >= 0.6 is 0 Å². The van der Waals surface area contributed by atoms with Crippen molar-refractivity contribution in [3.05, 3.63) is 58.2 Å². The van der Waals surface area contributed by atoms with E-state index < -0.39 is 11.8 Å². The van der Waals surface area contributed by atoms with Crippen molar-refractivity contribution in [3.8, 4) is 0 Å². The summed E-state index contributed by atoms with van der Waals surface area (Å²) in [6.45, 7) is 9.14. The van der Waals surface area contributed by atoms with Gasteiger partial charge >= 0.3 is 5.97 Å². The SMILES string of the molecule is Cc1ccc(C(=O)OCC(=O)c2cc(C)n(C(C)C)c2C)cc1F. The lowest BCUT2D eigenvalue weighted by molar-refractivity contribution is 0.0474. The highest BCUT2D eigenvalue weighted by atomic mass is 19.1. The Kier molecular flexibility index (Phi) is 5.22. The number of aryl methyl sites for hydroxylation is 2. The fraction of sp³-hybridized carbons (Fsp3) is 0.368. The second-order valence-electron chi connectivity index (χ2n) is 6.21.